The van der Waals surface area contributed by atoms with E-state index in [1.54, 1.807) is 6.92 Å². The molecule has 2 rings (SSSR count). The number of primary amides is 1. The molecule has 22 heavy (non-hydrogen) atoms. The molecule has 0 aromatic carbocycles. The van der Waals surface area contributed by atoms with E-state index in [1.807, 2.05) is 37.5 Å². The molecule has 2 aliphatic heterocycles. The Morgan fingerprint density at radius 3 is 2.18 bits per heavy atom. The molecule has 0 bridgehead atoms. The number of hydrogen-bond acceptors (Lipinski definition) is 4. The third-order valence-electron chi connectivity index (χ3n) is 5.63. The van der Waals surface area contributed by atoms with Gasteiger partial charge < -0.3 is 15.7 Å². The number of nitrogens with zero attached hydrogens (tertiary/aromatic N) is 2. The number of nitrogens with two attached hydrogens (primary N) is 1. The maximum absolute atomic E-state index is 12.6. The number of carbonyl (C=O) groups is 2. The van der Waals surface area contributed by atoms with Crippen molar-refractivity contribution in [2.45, 2.75) is 77.2 Å². The first-order chi connectivity index (χ1) is 10.2. The van der Waals surface area contributed by atoms with Crippen molar-refractivity contribution in [1.29, 1.82) is 0 Å². The van der Waals surface area contributed by atoms with E-state index in [1.165, 1.54) is 0 Å². The lowest BCUT2D eigenvalue weighted by atomic mass is 9.69. The van der Waals surface area contributed by atoms with Gasteiger partial charge in [0.2, 0.25) is 11.8 Å². The number of carbonyl (C=O) groups excluding carboxylic acids is 2. The topological polar surface area (TPSA) is 86.9 Å². The number of likely N-dealkylation sites (tertiary alicyclic amines) is 2. The van der Waals surface area contributed by atoms with Gasteiger partial charge in [-0.3, -0.25) is 14.5 Å². The first-order valence-electron chi connectivity index (χ1n) is 8.22. The Bertz CT molecular complexity index is 454. The number of amides is 2. The highest BCUT2D eigenvalue weighted by molar-refractivity contribution is 5.82. The standard InChI is InChI=1S/C16H29N3O3/c1-9(2)15(22)18-8-6-7-16(18)11(4)19(12(16)5)13(10(3)20)14(17)21/h9-13,20H,6-8H2,1-5H3,(H2,17,21)/t10-,11?,12?,13+,16?/m1/s1. The molecule has 3 N–H and O–H groups in total. The van der Waals surface area contributed by atoms with Crippen molar-refractivity contribution in [2.24, 2.45) is 11.7 Å². The molecule has 0 radical (unpaired) electrons. The SMILES string of the molecule is CC(C)C(=O)N1CCCC12C(C)N([C@H](C(N)=O)[C@@H](C)O)C2C. The third kappa shape index (κ3) is 2.24. The van der Waals surface area contributed by atoms with Crippen LogP contribution in [0.4, 0.5) is 0 Å². The molecule has 6 heteroatoms. The van der Waals surface area contributed by atoms with Crippen molar-refractivity contribution >= 4 is 11.8 Å². The molecule has 2 saturated heterocycles. The summed E-state index contributed by atoms with van der Waals surface area (Å²) >= 11 is 0. The van der Waals surface area contributed by atoms with Gasteiger partial charge in [-0.05, 0) is 33.6 Å². The zero-order chi connectivity index (χ0) is 16.8. The highest BCUT2D eigenvalue weighted by Crippen LogP contribution is 2.49. The van der Waals surface area contributed by atoms with Crippen LogP contribution in [0.2, 0.25) is 0 Å². The van der Waals surface area contributed by atoms with Gasteiger partial charge >= 0.3 is 0 Å². The van der Waals surface area contributed by atoms with Gasteiger partial charge in [0.05, 0.1) is 11.6 Å². The van der Waals surface area contributed by atoms with Crippen LogP contribution < -0.4 is 5.73 Å². The number of hydrogen-bond donors (Lipinski definition) is 2. The zero-order valence-corrected chi connectivity index (χ0v) is 14.2. The fourth-order valence-electron chi connectivity index (χ4n) is 4.59. The predicted molar refractivity (Wildman–Crippen MR) is 83.9 cm³/mol. The predicted octanol–water partition coefficient (Wildman–Crippen LogP) is 0.331. The Morgan fingerprint density at radius 2 is 1.77 bits per heavy atom. The van der Waals surface area contributed by atoms with Gasteiger partial charge in [0.25, 0.3) is 0 Å². The second kappa shape index (κ2) is 5.81. The van der Waals surface area contributed by atoms with Gasteiger partial charge in [0.15, 0.2) is 0 Å². The Kier molecular flexibility index (Phi) is 4.55. The minimum atomic E-state index is -0.824. The van der Waals surface area contributed by atoms with Gasteiger partial charge in [-0.2, -0.15) is 0 Å². The summed E-state index contributed by atoms with van der Waals surface area (Å²) in [5, 5.41) is 9.93. The van der Waals surface area contributed by atoms with E-state index in [0.29, 0.717) is 0 Å². The molecule has 0 aliphatic carbocycles. The van der Waals surface area contributed by atoms with E-state index in [0.717, 1.165) is 19.4 Å². The van der Waals surface area contributed by atoms with Crippen LogP contribution in [-0.4, -0.2) is 63.0 Å². The maximum Gasteiger partial charge on any atom is 0.237 e. The molecular formula is C16H29N3O3. The molecule has 1 spiro atoms. The first kappa shape index (κ1) is 17.2. The summed E-state index contributed by atoms with van der Waals surface area (Å²) in [6, 6.07) is -0.674. The van der Waals surface area contributed by atoms with Crippen LogP contribution in [0, 0.1) is 5.92 Å². The van der Waals surface area contributed by atoms with Gasteiger partial charge in [-0.25, -0.2) is 0 Å². The summed E-state index contributed by atoms with van der Waals surface area (Å²) in [5.74, 6) is -0.376. The number of aliphatic hydroxyl groups excluding tert-OH is 1. The van der Waals surface area contributed by atoms with Crippen LogP contribution in [0.1, 0.15) is 47.5 Å². The smallest absolute Gasteiger partial charge is 0.237 e. The summed E-state index contributed by atoms with van der Waals surface area (Å²) in [4.78, 5) is 28.3. The molecule has 6 nitrogen and oxygen atoms in total. The lowest BCUT2D eigenvalue weighted by molar-refractivity contribution is -0.184. The van der Waals surface area contributed by atoms with Crippen molar-refractivity contribution in [3.63, 3.8) is 0 Å². The van der Waals surface area contributed by atoms with Crippen molar-refractivity contribution in [3.8, 4) is 0 Å². The van der Waals surface area contributed by atoms with Gasteiger partial charge in [0, 0.05) is 24.5 Å². The van der Waals surface area contributed by atoms with Crippen molar-refractivity contribution < 1.29 is 14.7 Å². The Labute approximate surface area is 132 Å². The normalized spacial score (nSPS) is 34.8. The van der Waals surface area contributed by atoms with Crippen LogP contribution in [-0.2, 0) is 9.59 Å². The lowest BCUT2D eigenvalue weighted by Crippen LogP contribution is -2.82. The molecule has 2 aliphatic rings. The quantitative estimate of drug-likeness (QED) is 0.783. The van der Waals surface area contributed by atoms with E-state index in [2.05, 4.69) is 0 Å². The molecule has 2 fully saturated rings. The van der Waals surface area contributed by atoms with Crippen LogP contribution in [0.5, 0.6) is 0 Å². The van der Waals surface area contributed by atoms with Crippen molar-refractivity contribution in [1.82, 2.24) is 9.80 Å². The lowest BCUT2D eigenvalue weighted by Gasteiger charge is -2.65. The summed E-state index contributed by atoms with van der Waals surface area (Å²) in [5.41, 5.74) is 5.25. The summed E-state index contributed by atoms with van der Waals surface area (Å²) in [7, 11) is 0. The van der Waals surface area contributed by atoms with E-state index in [4.69, 9.17) is 5.73 Å². The molecule has 126 valence electrons. The Hall–Kier alpha value is -1.14. The monoisotopic (exact) mass is 311 g/mol. The molecular weight excluding hydrogens is 282 g/mol. The van der Waals surface area contributed by atoms with E-state index < -0.39 is 18.1 Å². The third-order valence-corrected chi connectivity index (χ3v) is 5.63. The Morgan fingerprint density at radius 1 is 1.23 bits per heavy atom. The fraction of sp³-hybridized carbons (Fsp3) is 0.875. The summed E-state index contributed by atoms with van der Waals surface area (Å²) in [6.45, 7) is 10.3. The van der Waals surface area contributed by atoms with Gasteiger partial charge in [0.1, 0.15) is 6.04 Å². The second-order valence-corrected chi connectivity index (χ2v) is 7.13. The molecule has 0 aromatic heterocycles. The molecule has 0 aromatic rings. The van der Waals surface area contributed by atoms with E-state index in [-0.39, 0.29) is 29.4 Å². The molecule has 4 atom stereocenters. The van der Waals surface area contributed by atoms with Gasteiger partial charge in [-0.15, -0.1) is 0 Å². The van der Waals surface area contributed by atoms with Crippen LogP contribution in [0.25, 0.3) is 0 Å². The largest absolute Gasteiger partial charge is 0.391 e. The van der Waals surface area contributed by atoms with Crippen molar-refractivity contribution in [3.05, 3.63) is 0 Å². The highest BCUT2D eigenvalue weighted by Gasteiger charge is 2.64. The molecule has 2 heterocycles. The summed E-state index contributed by atoms with van der Waals surface area (Å²) in [6.07, 6.45) is 1.10. The fourth-order valence-corrected chi connectivity index (χ4v) is 4.59. The minimum absolute atomic E-state index is 0.0137. The van der Waals surface area contributed by atoms with E-state index in [9.17, 15) is 14.7 Å². The average Bonchev–Trinajstić information content (AvgIpc) is 2.88. The number of rotatable bonds is 4. The average molecular weight is 311 g/mol. The van der Waals surface area contributed by atoms with Crippen LogP contribution >= 0.6 is 0 Å². The molecule has 0 saturated carbocycles. The molecule has 2 unspecified atom stereocenters. The highest BCUT2D eigenvalue weighted by atomic mass is 16.3. The van der Waals surface area contributed by atoms with Crippen LogP contribution in [0.15, 0.2) is 0 Å². The first-order valence-corrected chi connectivity index (χ1v) is 8.22. The Balaban J connectivity index is 2.28. The van der Waals surface area contributed by atoms with Crippen LogP contribution in [0.3, 0.4) is 0 Å². The van der Waals surface area contributed by atoms with E-state index >= 15 is 0 Å². The van der Waals surface area contributed by atoms with Crippen molar-refractivity contribution in [2.75, 3.05) is 6.54 Å². The number of aliphatic hydroxyl groups is 1. The van der Waals surface area contributed by atoms with Gasteiger partial charge in [-0.1, -0.05) is 13.8 Å². The maximum atomic E-state index is 12.6. The zero-order valence-electron chi connectivity index (χ0n) is 14.2. The summed E-state index contributed by atoms with van der Waals surface area (Å²) < 4.78 is 0. The minimum Gasteiger partial charge on any atom is -0.391 e. The molecule has 2 amide bonds. The second-order valence-electron chi connectivity index (χ2n) is 7.13.